The van der Waals surface area contributed by atoms with Gasteiger partial charge in [-0.2, -0.15) is 0 Å². The van der Waals surface area contributed by atoms with Crippen molar-refractivity contribution in [2.24, 2.45) is 0 Å². The smallest absolute Gasteiger partial charge is 0.234 e. The Kier molecular flexibility index (Phi) is 7.20. The average Bonchev–Trinajstić information content (AvgIpc) is 2.19. The number of hydrogen-bond donors (Lipinski definition) is 1. The molecule has 14 heavy (non-hydrogen) atoms. The van der Waals surface area contributed by atoms with E-state index in [1.165, 1.54) is 0 Å². The van der Waals surface area contributed by atoms with Crippen LogP contribution < -0.4 is 5.32 Å². The van der Waals surface area contributed by atoms with E-state index in [0.717, 1.165) is 0 Å². The number of carbonyl (C=O) groups is 2. The van der Waals surface area contributed by atoms with Crippen molar-refractivity contribution in [3.8, 4) is 0 Å². The Morgan fingerprint density at radius 1 is 1.29 bits per heavy atom. The standard InChI is InChI=1S/C9H17ClN2O2/c1-3-12(4-2)9(14)5-6-11-8(13)7-10/h3-7H2,1-2H3,(H,11,13). The minimum absolute atomic E-state index is 0.0561. The van der Waals surface area contributed by atoms with Crippen LogP contribution in [0.1, 0.15) is 20.3 Å². The van der Waals surface area contributed by atoms with Crippen LogP contribution in [0, 0.1) is 0 Å². The van der Waals surface area contributed by atoms with Crippen molar-refractivity contribution in [1.82, 2.24) is 10.2 Å². The van der Waals surface area contributed by atoms with Crippen molar-refractivity contribution in [1.29, 1.82) is 0 Å². The second kappa shape index (κ2) is 7.62. The van der Waals surface area contributed by atoms with Gasteiger partial charge in [0.2, 0.25) is 11.8 Å². The highest BCUT2D eigenvalue weighted by Gasteiger charge is 2.08. The molecule has 1 N–H and O–H groups in total. The Hall–Kier alpha value is -0.770. The van der Waals surface area contributed by atoms with E-state index in [1.807, 2.05) is 13.8 Å². The molecular weight excluding hydrogens is 204 g/mol. The number of amides is 2. The van der Waals surface area contributed by atoms with Gasteiger partial charge in [0.1, 0.15) is 5.88 Å². The van der Waals surface area contributed by atoms with E-state index < -0.39 is 0 Å². The van der Waals surface area contributed by atoms with Crippen LogP contribution in [0.3, 0.4) is 0 Å². The largest absolute Gasteiger partial charge is 0.355 e. The first-order valence-electron chi connectivity index (χ1n) is 4.76. The maximum Gasteiger partial charge on any atom is 0.234 e. The summed E-state index contributed by atoms with van der Waals surface area (Å²) in [4.78, 5) is 23.9. The molecule has 0 atom stereocenters. The Morgan fingerprint density at radius 2 is 1.86 bits per heavy atom. The second-order valence-electron chi connectivity index (χ2n) is 2.80. The highest BCUT2D eigenvalue weighted by molar-refractivity contribution is 6.27. The van der Waals surface area contributed by atoms with Crippen LogP contribution in [-0.2, 0) is 9.59 Å². The van der Waals surface area contributed by atoms with Gasteiger partial charge in [0, 0.05) is 26.1 Å². The van der Waals surface area contributed by atoms with Gasteiger partial charge in [0.05, 0.1) is 0 Å². The molecule has 5 heteroatoms. The molecule has 0 aromatic rings. The number of halogens is 1. The zero-order valence-electron chi connectivity index (χ0n) is 8.68. The van der Waals surface area contributed by atoms with Crippen molar-refractivity contribution in [3.05, 3.63) is 0 Å². The molecule has 0 saturated heterocycles. The van der Waals surface area contributed by atoms with Crippen LogP contribution in [0.5, 0.6) is 0 Å². The first-order chi connectivity index (χ1) is 6.65. The molecular formula is C9H17ClN2O2. The molecule has 0 aliphatic carbocycles. The van der Waals surface area contributed by atoms with Gasteiger partial charge in [-0.3, -0.25) is 9.59 Å². The van der Waals surface area contributed by atoms with Gasteiger partial charge in [-0.1, -0.05) is 0 Å². The van der Waals surface area contributed by atoms with Gasteiger partial charge in [-0.05, 0) is 13.8 Å². The summed E-state index contributed by atoms with van der Waals surface area (Å²) < 4.78 is 0. The van der Waals surface area contributed by atoms with Crippen molar-refractivity contribution in [2.45, 2.75) is 20.3 Å². The van der Waals surface area contributed by atoms with Crippen LogP contribution in [0.15, 0.2) is 0 Å². The third-order valence-corrected chi connectivity index (χ3v) is 2.14. The third-order valence-electron chi connectivity index (χ3n) is 1.90. The van der Waals surface area contributed by atoms with Gasteiger partial charge < -0.3 is 10.2 Å². The summed E-state index contributed by atoms with van der Waals surface area (Å²) in [6.45, 7) is 5.63. The molecule has 0 aromatic heterocycles. The van der Waals surface area contributed by atoms with E-state index in [-0.39, 0.29) is 17.7 Å². The fraction of sp³-hybridized carbons (Fsp3) is 0.778. The molecule has 0 unspecified atom stereocenters. The van der Waals surface area contributed by atoms with Crippen molar-refractivity contribution >= 4 is 23.4 Å². The lowest BCUT2D eigenvalue weighted by molar-refractivity contribution is -0.130. The van der Waals surface area contributed by atoms with Crippen LogP contribution in [0.25, 0.3) is 0 Å². The SMILES string of the molecule is CCN(CC)C(=O)CCNC(=O)CCl. The maximum atomic E-state index is 11.4. The Bertz CT molecular complexity index is 193. The van der Waals surface area contributed by atoms with E-state index in [1.54, 1.807) is 4.90 Å². The molecule has 82 valence electrons. The minimum Gasteiger partial charge on any atom is -0.355 e. The molecule has 0 aromatic carbocycles. The zero-order valence-corrected chi connectivity index (χ0v) is 9.43. The van der Waals surface area contributed by atoms with Crippen molar-refractivity contribution < 1.29 is 9.59 Å². The number of hydrogen-bond acceptors (Lipinski definition) is 2. The van der Waals surface area contributed by atoms with Gasteiger partial charge in [0.15, 0.2) is 0 Å². The van der Waals surface area contributed by atoms with Crippen LogP contribution in [0.2, 0.25) is 0 Å². The fourth-order valence-electron chi connectivity index (χ4n) is 1.09. The molecule has 2 amide bonds. The first kappa shape index (κ1) is 13.2. The van der Waals surface area contributed by atoms with Gasteiger partial charge in [-0.25, -0.2) is 0 Å². The topological polar surface area (TPSA) is 49.4 Å². The number of nitrogens with one attached hydrogen (secondary N) is 1. The lowest BCUT2D eigenvalue weighted by Crippen LogP contribution is -2.34. The van der Waals surface area contributed by atoms with Crippen LogP contribution >= 0.6 is 11.6 Å². The van der Waals surface area contributed by atoms with E-state index in [4.69, 9.17) is 11.6 Å². The summed E-state index contributed by atoms with van der Waals surface area (Å²) >= 11 is 5.28. The molecule has 0 spiro atoms. The molecule has 0 heterocycles. The molecule has 0 fully saturated rings. The molecule has 0 saturated carbocycles. The van der Waals surface area contributed by atoms with Crippen molar-refractivity contribution in [2.75, 3.05) is 25.5 Å². The number of nitrogens with zero attached hydrogens (tertiary/aromatic N) is 1. The predicted octanol–water partition coefficient (Wildman–Crippen LogP) is 0.600. The number of carbonyl (C=O) groups excluding carboxylic acids is 2. The van der Waals surface area contributed by atoms with E-state index in [0.29, 0.717) is 26.1 Å². The summed E-state index contributed by atoms with van der Waals surface area (Å²) in [7, 11) is 0. The van der Waals surface area contributed by atoms with Crippen LogP contribution in [0.4, 0.5) is 0 Å². The van der Waals surface area contributed by atoms with Crippen molar-refractivity contribution in [3.63, 3.8) is 0 Å². The van der Waals surface area contributed by atoms with Gasteiger partial charge >= 0.3 is 0 Å². The quantitative estimate of drug-likeness (QED) is 0.667. The highest BCUT2D eigenvalue weighted by Crippen LogP contribution is 1.92. The molecule has 0 aliphatic heterocycles. The summed E-state index contributed by atoms with van der Waals surface area (Å²) in [6.07, 6.45) is 0.338. The summed E-state index contributed by atoms with van der Waals surface area (Å²) in [5, 5.41) is 2.55. The normalized spacial score (nSPS) is 9.64. The highest BCUT2D eigenvalue weighted by atomic mass is 35.5. The molecule has 4 nitrogen and oxygen atoms in total. The molecule has 0 aliphatic rings. The first-order valence-corrected chi connectivity index (χ1v) is 5.29. The van der Waals surface area contributed by atoms with E-state index in [9.17, 15) is 9.59 Å². The fourth-order valence-corrected chi connectivity index (χ4v) is 1.19. The summed E-state index contributed by atoms with van der Waals surface area (Å²) in [6, 6.07) is 0. The minimum atomic E-state index is -0.237. The average molecular weight is 221 g/mol. The zero-order chi connectivity index (χ0) is 11.0. The molecule has 0 radical (unpaired) electrons. The monoisotopic (exact) mass is 220 g/mol. The number of alkyl halides is 1. The van der Waals surface area contributed by atoms with Crippen LogP contribution in [-0.4, -0.2) is 42.2 Å². The summed E-state index contributed by atoms with van der Waals surface area (Å²) in [5.74, 6) is -0.233. The molecule has 0 bridgehead atoms. The Balaban J connectivity index is 3.67. The second-order valence-corrected chi connectivity index (χ2v) is 3.07. The van der Waals surface area contributed by atoms with E-state index >= 15 is 0 Å². The third kappa shape index (κ3) is 5.07. The summed E-state index contributed by atoms with van der Waals surface area (Å²) in [5.41, 5.74) is 0. The predicted molar refractivity (Wildman–Crippen MR) is 56.3 cm³/mol. The lowest BCUT2D eigenvalue weighted by Gasteiger charge is -2.18. The van der Waals surface area contributed by atoms with E-state index in [2.05, 4.69) is 5.32 Å². The maximum absolute atomic E-state index is 11.4. The van der Waals surface area contributed by atoms with Gasteiger partial charge in [-0.15, -0.1) is 11.6 Å². The lowest BCUT2D eigenvalue weighted by atomic mass is 10.3. The number of rotatable bonds is 6. The van der Waals surface area contributed by atoms with Gasteiger partial charge in [0.25, 0.3) is 0 Å². The Morgan fingerprint density at radius 3 is 2.29 bits per heavy atom. The molecule has 0 rings (SSSR count). The Labute approximate surface area is 89.6 Å².